The molecule has 7 nitrogen and oxygen atoms in total. The Hall–Kier alpha value is -4.39. The van der Waals surface area contributed by atoms with E-state index >= 15 is 0 Å². The smallest absolute Gasteiger partial charge is 0.337 e. The van der Waals surface area contributed by atoms with Crippen LogP contribution in [-0.4, -0.2) is 21.6 Å². The normalized spacial score (nSPS) is 11.7. The van der Waals surface area contributed by atoms with Crippen LogP contribution in [0.25, 0.3) is 10.8 Å². The quantitative estimate of drug-likeness (QED) is 0.381. The van der Waals surface area contributed by atoms with Gasteiger partial charge in [0.05, 0.1) is 5.56 Å². The molecule has 0 aliphatic heterocycles. The Balaban J connectivity index is 1.79. The van der Waals surface area contributed by atoms with E-state index in [9.17, 15) is 19.5 Å². The summed E-state index contributed by atoms with van der Waals surface area (Å²) in [5.41, 5.74) is 2.63. The molecule has 0 saturated heterocycles. The fourth-order valence-corrected chi connectivity index (χ4v) is 4.05. The Morgan fingerprint density at radius 3 is 2.32 bits per heavy atom. The number of carboxylic acids is 1. The highest BCUT2D eigenvalue weighted by Gasteiger charge is 2.18. The first-order valence-corrected chi connectivity index (χ1v) is 10.9. The number of hydrogen-bond donors (Lipinski definition) is 3. The number of pyridine rings is 1. The molecule has 0 fully saturated rings. The second-order valence-electron chi connectivity index (χ2n) is 8.25. The highest BCUT2D eigenvalue weighted by Crippen LogP contribution is 2.30. The average Bonchev–Trinajstić information content (AvgIpc) is 2.83. The largest absolute Gasteiger partial charge is 0.478 e. The third-order valence-electron chi connectivity index (χ3n) is 5.81. The first-order chi connectivity index (χ1) is 16.3. The van der Waals surface area contributed by atoms with Gasteiger partial charge in [0.15, 0.2) is 0 Å². The lowest BCUT2D eigenvalue weighted by Crippen LogP contribution is -2.24. The van der Waals surface area contributed by atoms with Gasteiger partial charge in [-0.15, -0.1) is 0 Å². The molecule has 1 aromatic heterocycles. The Morgan fingerprint density at radius 1 is 0.941 bits per heavy atom. The maximum absolute atomic E-state index is 13.2. The second-order valence-corrected chi connectivity index (χ2v) is 8.25. The topological polar surface area (TPSA) is 100 Å². The fourth-order valence-electron chi connectivity index (χ4n) is 4.05. The zero-order valence-corrected chi connectivity index (χ0v) is 19.1. The summed E-state index contributed by atoms with van der Waals surface area (Å²) < 4.78 is 1.42. The molecule has 172 valence electrons. The number of benzene rings is 3. The lowest BCUT2D eigenvalue weighted by atomic mass is 9.97. The van der Waals surface area contributed by atoms with Crippen LogP contribution >= 0.6 is 0 Å². The number of aromatic nitrogens is 1. The molecule has 1 atom stereocenters. The first kappa shape index (κ1) is 22.8. The van der Waals surface area contributed by atoms with E-state index in [0.717, 1.165) is 11.1 Å². The summed E-state index contributed by atoms with van der Waals surface area (Å²) in [5.74, 6) is -0.969. The number of carboxylic acid groups (broad SMARTS) is 1. The minimum absolute atomic E-state index is 0.165. The van der Waals surface area contributed by atoms with E-state index in [1.54, 1.807) is 61.6 Å². The third kappa shape index (κ3) is 4.41. The van der Waals surface area contributed by atoms with Crippen LogP contribution < -0.4 is 16.2 Å². The van der Waals surface area contributed by atoms with Crippen LogP contribution in [-0.2, 0) is 7.05 Å². The van der Waals surface area contributed by atoms with Crippen molar-refractivity contribution in [2.45, 2.75) is 19.9 Å². The van der Waals surface area contributed by atoms with E-state index < -0.39 is 5.97 Å². The number of carbonyl (C=O) groups is 2. The number of aryl methyl sites for hydroxylation is 1. The highest BCUT2D eigenvalue weighted by molar-refractivity contribution is 6.04. The van der Waals surface area contributed by atoms with Crippen LogP contribution in [0.15, 0.2) is 77.6 Å². The van der Waals surface area contributed by atoms with Crippen molar-refractivity contribution in [1.29, 1.82) is 0 Å². The Kier molecular flexibility index (Phi) is 6.19. The predicted molar refractivity (Wildman–Crippen MR) is 134 cm³/mol. The van der Waals surface area contributed by atoms with Crippen LogP contribution in [0.3, 0.4) is 0 Å². The molecule has 3 N–H and O–H groups in total. The highest BCUT2D eigenvalue weighted by atomic mass is 16.4. The standard InChI is InChI=1S/C27H25N3O4/c1-16-13-20(17(2)28-23-12-8-7-11-19(23)27(33)34)21-15-24(30(3)26(32)22(21)14-16)29-25(31)18-9-5-4-6-10-18/h4-15,17,28H,1-3H3,(H,29,31)(H,33,34). The second kappa shape index (κ2) is 9.23. The molecule has 1 heterocycles. The first-order valence-electron chi connectivity index (χ1n) is 10.9. The van der Waals surface area contributed by atoms with Crippen molar-refractivity contribution in [3.05, 3.63) is 105 Å². The number of para-hydroxylation sites is 1. The zero-order valence-electron chi connectivity index (χ0n) is 19.1. The van der Waals surface area contributed by atoms with E-state index in [0.29, 0.717) is 27.8 Å². The number of nitrogens with one attached hydrogen (secondary N) is 2. The number of aromatic carboxylic acids is 1. The minimum atomic E-state index is -1.02. The third-order valence-corrected chi connectivity index (χ3v) is 5.81. The van der Waals surface area contributed by atoms with Crippen molar-refractivity contribution in [2.24, 2.45) is 7.05 Å². The molecule has 34 heavy (non-hydrogen) atoms. The molecular formula is C27H25N3O4. The van der Waals surface area contributed by atoms with Gasteiger partial charge in [0.1, 0.15) is 5.82 Å². The maximum Gasteiger partial charge on any atom is 0.337 e. The van der Waals surface area contributed by atoms with Crippen LogP contribution in [0.1, 0.15) is 44.8 Å². The van der Waals surface area contributed by atoms with Gasteiger partial charge >= 0.3 is 5.97 Å². The van der Waals surface area contributed by atoms with Crippen LogP contribution in [0.2, 0.25) is 0 Å². The number of fused-ring (bicyclic) bond motifs is 1. The summed E-state index contributed by atoms with van der Waals surface area (Å²) in [6, 6.07) is 20.7. The fraction of sp³-hybridized carbons (Fsp3) is 0.148. The number of nitrogens with zero attached hydrogens (tertiary/aromatic N) is 1. The van der Waals surface area contributed by atoms with E-state index in [1.165, 1.54) is 4.57 Å². The molecule has 4 rings (SSSR count). The van der Waals surface area contributed by atoms with Gasteiger partial charge in [-0.05, 0) is 66.8 Å². The average molecular weight is 456 g/mol. The van der Waals surface area contributed by atoms with Gasteiger partial charge in [-0.3, -0.25) is 14.2 Å². The van der Waals surface area contributed by atoms with Gasteiger partial charge in [-0.2, -0.15) is 0 Å². The molecular weight excluding hydrogens is 430 g/mol. The van der Waals surface area contributed by atoms with Crippen molar-refractivity contribution in [1.82, 2.24) is 4.57 Å². The monoisotopic (exact) mass is 455 g/mol. The van der Waals surface area contributed by atoms with E-state index in [-0.39, 0.29) is 23.1 Å². The lowest BCUT2D eigenvalue weighted by Gasteiger charge is -2.21. The van der Waals surface area contributed by atoms with Gasteiger partial charge in [-0.1, -0.05) is 36.4 Å². The molecule has 0 saturated carbocycles. The molecule has 0 spiro atoms. The van der Waals surface area contributed by atoms with Crippen molar-refractivity contribution in [2.75, 3.05) is 10.6 Å². The van der Waals surface area contributed by atoms with E-state index in [2.05, 4.69) is 10.6 Å². The SMILES string of the molecule is Cc1cc(C(C)Nc2ccccc2C(=O)O)c2cc(NC(=O)c3ccccc3)n(C)c(=O)c2c1. The Labute approximate surface area is 196 Å². The molecule has 0 aliphatic carbocycles. The number of carbonyl (C=O) groups excluding carboxylic acids is 1. The van der Waals surface area contributed by atoms with Gasteiger partial charge in [0.25, 0.3) is 11.5 Å². The van der Waals surface area contributed by atoms with Crippen molar-refractivity contribution in [3.8, 4) is 0 Å². The van der Waals surface area contributed by atoms with Crippen LogP contribution in [0, 0.1) is 6.92 Å². The summed E-state index contributed by atoms with van der Waals surface area (Å²) in [6.45, 7) is 3.82. The van der Waals surface area contributed by atoms with E-state index in [4.69, 9.17) is 0 Å². The van der Waals surface area contributed by atoms with Gasteiger partial charge < -0.3 is 15.7 Å². The summed E-state index contributed by atoms with van der Waals surface area (Å²) in [5, 5.41) is 16.8. The Morgan fingerprint density at radius 2 is 1.62 bits per heavy atom. The lowest BCUT2D eigenvalue weighted by molar-refractivity contribution is 0.0697. The number of anilines is 2. The molecule has 0 aliphatic rings. The van der Waals surface area contributed by atoms with Gasteiger partial charge in [0.2, 0.25) is 0 Å². The summed E-state index contributed by atoms with van der Waals surface area (Å²) in [6.07, 6.45) is 0. The zero-order chi connectivity index (χ0) is 24.4. The number of hydrogen-bond acceptors (Lipinski definition) is 4. The minimum Gasteiger partial charge on any atom is -0.478 e. The molecule has 0 bridgehead atoms. The van der Waals surface area contributed by atoms with Gasteiger partial charge in [0, 0.05) is 29.7 Å². The molecule has 0 radical (unpaired) electrons. The maximum atomic E-state index is 13.2. The van der Waals surface area contributed by atoms with Crippen molar-refractivity contribution < 1.29 is 14.7 Å². The predicted octanol–water partition coefficient (Wildman–Crippen LogP) is 4.97. The summed E-state index contributed by atoms with van der Waals surface area (Å²) in [7, 11) is 1.62. The number of rotatable bonds is 6. The molecule has 3 aromatic carbocycles. The summed E-state index contributed by atoms with van der Waals surface area (Å²) >= 11 is 0. The van der Waals surface area contributed by atoms with E-state index in [1.807, 2.05) is 32.0 Å². The van der Waals surface area contributed by atoms with Crippen molar-refractivity contribution in [3.63, 3.8) is 0 Å². The molecule has 1 unspecified atom stereocenters. The van der Waals surface area contributed by atoms with Crippen molar-refractivity contribution >= 4 is 34.2 Å². The molecule has 4 aromatic rings. The van der Waals surface area contributed by atoms with Crippen LogP contribution in [0.5, 0.6) is 0 Å². The number of amides is 1. The Bertz CT molecular complexity index is 1460. The molecule has 1 amide bonds. The summed E-state index contributed by atoms with van der Waals surface area (Å²) in [4.78, 5) is 37.6. The van der Waals surface area contributed by atoms with Crippen LogP contribution in [0.4, 0.5) is 11.5 Å². The molecule has 7 heteroatoms. The van der Waals surface area contributed by atoms with Gasteiger partial charge in [-0.25, -0.2) is 4.79 Å².